The van der Waals surface area contributed by atoms with Gasteiger partial charge in [0.05, 0.1) is 11.4 Å². The third-order valence-corrected chi connectivity index (χ3v) is 3.94. The van der Waals surface area contributed by atoms with E-state index in [9.17, 15) is 4.79 Å². The number of anilines is 2. The molecule has 1 aromatic heterocycles. The smallest absolute Gasteiger partial charge is 0.273 e. The van der Waals surface area contributed by atoms with E-state index in [0.717, 1.165) is 24.5 Å². The molecule has 112 valence electrons. The summed E-state index contributed by atoms with van der Waals surface area (Å²) >= 11 is 0. The minimum absolute atomic E-state index is 0.268. The van der Waals surface area contributed by atoms with Gasteiger partial charge in [0, 0.05) is 19.3 Å². The van der Waals surface area contributed by atoms with Crippen molar-refractivity contribution in [2.75, 3.05) is 23.3 Å². The number of benzene rings is 1. The zero-order valence-corrected chi connectivity index (χ0v) is 12.3. The van der Waals surface area contributed by atoms with Crippen LogP contribution < -0.4 is 10.2 Å². The number of carbonyl (C=O) groups is 1. The lowest BCUT2D eigenvalue weighted by Crippen LogP contribution is -2.30. The fourth-order valence-electron chi connectivity index (χ4n) is 2.83. The van der Waals surface area contributed by atoms with E-state index in [2.05, 4.69) is 10.2 Å². The highest BCUT2D eigenvalue weighted by atomic mass is 16.1. The average Bonchev–Trinajstić information content (AvgIpc) is 3.05. The number of nitriles is 1. The number of amides is 1. The van der Waals surface area contributed by atoms with Gasteiger partial charge in [-0.2, -0.15) is 5.26 Å². The van der Waals surface area contributed by atoms with Gasteiger partial charge >= 0.3 is 0 Å². The van der Waals surface area contributed by atoms with E-state index in [1.54, 1.807) is 18.3 Å². The molecule has 1 N–H and O–H groups in total. The maximum atomic E-state index is 12.4. The fourth-order valence-corrected chi connectivity index (χ4v) is 2.83. The predicted molar refractivity (Wildman–Crippen MR) is 85.9 cm³/mol. The minimum atomic E-state index is -0.268. The molecule has 5 nitrogen and oxygen atoms in total. The first-order chi connectivity index (χ1) is 10.8. The van der Waals surface area contributed by atoms with E-state index in [1.165, 1.54) is 23.8 Å². The number of hydrogen-bond acceptors (Lipinski definition) is 3. The molecule has 0 bridgehead atoms. The molecule has 0 spiro atoms. The molecule has 5 heteroatoms. The van der Waals surface area contributed by atoms with Gasteiger partial charge in [-0.25, -0.2) is 4.57 Å². The van der Waals surface area contributed by atoms with Crippen LogP contribution in [-0.4, -0.2) is 23.6 Å². The highest BCUT2D eigenvalue weighted by Crippen LogP contribution is 2.28. The van der Waals surface area contributed by atoms with Gasteiger partial charge in [0.15, 0.2) is 6.19 Å². The van der Waals surface area contributed by atoms with Crippen molar-refractivity contribution < 1.29 is 4.79 Å². The second-order valence-electron chi connectivity index (χ2n) is 5.38. The summed E-state index contributed by atoms with van der Waals surface area (Å²) in [4.78, 5) is 14.7. The van der Waals surface area contributed by atoms with Crippen molar-refractivity contribution in [1.29, 1.82) is 5.26 Å². The van der Waals surface area contributed by atoms with E-state index in [0.29, 0.717) is 5.69 Å². The molecule has 2 heterocycles. The average molecular weight is 294 g/mol. The molecule has 2 aromatic rings. The van der Waals surface area contributed by atoms with Crippen molar-refractivity contribution in [2.24, 2.45) is 0 Å². The van der Waals surface area contributed by atoms with Crippen molar-refractivity contribution in [2.45, 2.75) is 19.3 Å². The van der Waals surface area contributed by atoms with Crippen molar-refractivity contribution in [1.82, 2.24) is 4.57 Å². The third kappa shape index (κ3) is 2.82. The number of piperidine rings is 1. The number of nitrogens with zero attached hydrogens (tertiary/aromatic N) is 3. The van der Waals surface area contributed by atoms with Gasteiger partial charge in [-0.15, -0.1) is 0 Å². The number of carbonyl (C=O) groups excluding carboxylic acids is 1. The molecular weight excluding hydrogens is 276 g/mol. The van der Waals surface area contributed by atoms with Gasteiger partial charge in [0.2, 0.25) is 0 Å². The van der Waals surface area contributed by atoms with E-state index in [1.807, 2.05) is 30.5 Å². The minimum Gasteiger partial charge on any atom is -0.370 e. The van der Waals surface area contributed by atoms with Crippen molar-refractivity contribution in [3.05, 3.63) is 48.3 Å². The van der Waals surface area contributed by atoms with Crippen LogP contribution in [0.15, 0.2) is 42.6 Å². The summed E-state index contributed by atoms with van der Waals surface area (Å²) in [6, 6.07) is 11.2. The molecule has 1 amide bonds. The summed E-state index contributed by atoms with van der Waals surface area (Å²) in [7, 11) is 0. The lowest BCUT2D eigenvalue weighted by molar-refractivity contribution is 0.102. The molecule has 0 atom stereocenters. The Balaban J connectivity index is 1.83. The Morgan fingerprint density at radius 1 is 1.09 bits per heavy atom. The Bertz CT molecular complexity index is 707. The van der Waals surface area contributed by atoms with E-state index < -0.39 is 0 Å². The Hall–Kier alpha value is -2.74. The topological polar surface area (TPSA) is 61.1 Å². The fraction of sp³-hybridized carbons (Fsp3) is 0.294. The van der Waals surface area contributed by atoms with Crippen LogP contribution in [0, 0.1) is 11.5 Å². The zero-order valence-electron chi connectivity index (χ0n) is 12.3. The first-order valence-electron chi connectivity index (χ1n) is 7.52. The largest absolute Gasteiger partial charge is 0.370 e. The molecule has 0 saturated carbocycles. The normalized spacial score (nSPS) is 14.4. The number of aromatic nitrogens is 1. The molecule has 0 radical (unpaired) electrons. The lowest BCUT2D eigenvalue weighted by atomic mass is 10.1. The molecule has 0 aliphatic carbocycles. The van der Waals surface area contributed by atoms with Gasteiger partial charge in [-0.05, 0) is 43.5 Å². The summed E-state index contributed by atoms with van der Waals surface area (Å²) in [6.07, 6.45) is 7.17. The third-order valence-electron chi connectivity index (χ3n) is 3.94. The molecule has 1 saturated heterocycles. The summed E-state index contributed by atoms with van der Waals surface area (Å²) in [6.45, 7) is 2.03. The van der Waals surface area contributed by atoms with Crippen LogP contribution in [0.25, 0.3) is 0 Å². The van der Waals surface area contributed by atoms with E-state index >= 15 is 0 Å². The second-order valence-corrected chi connectivity index (χ2v) is 5.38. The van der Waals surface area contributed by atoms with Crippen LogP contribution in [0.3, 0.4) is 0 Å². The maximum absolute atomic E-state index is 12.4. The molecule has 0 unspecified atom stereocenters. The van der Waals surface area contributed by atoms with Gasteiger partial charge in [0.25, 0.3) is 5.91 Å². The highest BCUT2D eigenvalue weighted by Gasteiger charge is 2.17. The van der Waals surface area contributed by atoms with Crippen molar-refractivity contribution in [3.63, 3.8) is 0 Å². The van der Waals surface area contributed by atoms with Crippen LogP contribution in [-0.2, 0) is 0 Å². The Morgan fingerprint density at radius 3 is 2.64 bits per heavy atom. The van der Waals surface area contributed by atoms with Gasteiger partial charge < -0.3 is 10.2 Å². The zero-order chi connectivity index (χ0) is 15.4. The first kappa shape index (κ1) is 14.2. The van der Waals surface area contributed by atoms with Gasteiger partial charge in [-0.1, -0.05) is 12.1 Å². The monoisotopic (exact) mass is 294 g/mol. The molecule has 1 aliphatic heterocycles. The number of hydrogen-bond donors (Lipinski definition) is 1. The predicted octanol–water partition coefficient (Wildman–Crippen LogP) is 3.06. The number of nitrogens with one attached hydrogen (secondary N) is 1. The summed E-state index contributed by atoms with van der Waals surface area (Å²) in [5.41, 5.74) is 2.18. The first-order valence-corrected chi connectivity index (χ1v) is 7.52. The van der Waals surface area contributed by atoms with Gasteiger partial charge in [-0.3, -0.25) is 4.79 Å². The van der Waals surface area contributed by atoms with E-state index in [-0.39, 0.29) is 5.91 Å². The summed E-state index contributed by atoms with van der Waals surface area (Å²) < 4.78 is 1.26. The van der Waals surface area contributed by atoms with Crippen LogP contribution in [0.4, 0.5) is 11.4 Å². The van der Waals surface area contributed by atoms with Crippen molar-refractivity contribution in [3.8, 4) is 6.19 Å². The van der Waals surface area contributed by atoms with Crippen LogP contribution in [0.1, 0.15) is 29.8 Å². The highest BCUT2D eigenvalue weighted by molar-refractivity contribution is 6.05. The van der Waals surface area contributed by atoms with Gasteiger partial charge in [0.1, 0.15) is 5.69 Å². The second kappa shape index (κ2) is 6.35. The Morgan fingerprint density at radius 2 is 1.86 bits per heavy atom. The maximum Gasteiger partial charge on any atom is 0.273 e. The van der Waals surface area contributed by atoms with Crippen LogP contribution in [0.2, 0.25) is 0 Å². The van der Waals surface area contributed by atoms with Crippen LogP contribution >= 0.6 is 0 Å². The van der Waals surface area contributed by atoms with E-state index in [4.69, 9.17) is 5.26 Å². The number of rotatable bonds is 3. The van der Waals surface area contributed by atoms with Crippen molar-refractivity contribution >= 4 is 17.3 Å². The molecule has 1 fully saturated rings. The Kier molecular flexibility index (Phi) is 4.10. The number of para-hydroxylation sites is 2. The molecular formula is C17H18N4O. The quantitative estimate of drug-likeness (QED) is 0.946. The molecule has 1 aliphatic rings. The molecule has 3 rings (SSSR count). The summed E-state index contributed by atoms with van der Waals surface area (Å²) in [5, 5.41) is 11.9. The van der Waals surface area contributed by atoms with Crippen LogP contribution in [0.5, 0.6) is 0 Å². The standard InChI is InChI=1S/C17H18N4O/c18-13-21-12-6-9-16(21)17(22)19-14-7-2-3-8-15(14)20-10-4-1-5-11-20/h2-3,6-9,12H,1,4-5,10-11H2,(H,19,22). The molecule has 1 aromatic carbocycles. The SMILES string of the molecule is N#Cn1cccc1C(=O)Nc1ccccc1N1CCCCC1. The lowest BCUT2D eigenvalue weighted by Gasteiger charge is -2.30. The summed E-state index contributed by atoms with van der Waals surface area (Å²) in [5.74, 6) is -0.268. The molecule has 22 heavy (non-hydrogen) atoms. The Labute approximate surface area is 129 Å².